The van der Waals surface area contributed by atoms with Gasteiger partial charge in [-0.25, -0.2) is 0 Å². The van der Waals surface area contributed by atoms with Gasteiger partial charge in [-0.2, -0.15) is 0 Å². The second-order valence-corrected chi connectivity index (χ2v) is 10.3. The van der Waals surface area contributed by atoms with Crippen molar-refractivity contribution in [3.63, 3.8) is 0 Å². The number of halogens is 1. The van der Waals surface area contributed by atoms with Crippen molar-refractivity contribution in [1.82, 2.24) is 0 Å². The van der Waals surface area contributed by atoms with E-state index < -0.39 is 0 Å². The van der Waals surface area contributed by atoms with E-state index in [1.54, 1.807) is 0 Å². The predicted octanol–water partition coefficient (Wildman–Crippen LogP) is 5.19. The van der Waals surface area contributed by atoms with Crippen LogP contribution in [0.25, 0.3) is 0 Å². The van der Waals surface area contributed by atoms with Gasteiger partial charge in [0, 0.05) is 10.8 Å². The Morgan fingerprint density at radius 3 is 2.79 bits per heavy atom. The lowest BCUT2D eigenvalue weighted by atomic mass is 9.51. The van der Waals surface area contributed by atoms with Crippen molar-refractivity contribution in [1.29, 1.82) is 0 Å². The molecule has 3 heteroatoms. The number of carbonyl (C=O) groups is 1. The van der Waals surface area contributed by atoms with Crippen LogP contribution in [0.15, 0.2) is 11.6 Å². The molecule has 0 saturated heterocycles. The maximum absolute atomic E-state index is 11.8. The zero-order valence-electron chi connectivity index (χ0n) is 15.1. The summed E-state index contributed by atoms with van der Waals surface area (Å²) in [5.41, 5.74) is 1.96. The van der Waals surface area contributed by atoms with E-state index in [0.717, 1.165) is 47.5 Å². The van der Waals surface area contributed by atoms with Gasteiger partial charge in [0.25, 0.3) is 0 Å². The number of alkyl halides is 1. The number of hydrogen-bond acceptors (Lipinski definition) is 2. The third-order valence-electron chi connectivity index (χ3n) is 7.49. The van der Waals surface area contributed by atoms with Gasteiger partial charge in [0.1, 0.15) is 0 Å². The Morgan fingerprint density at radius 1 is 1.17 bits per heavy atom. The molecular weight excluding hydrogens is 411 g/mol. The summed E-state index contributed by atoms with van der Waals surface area (Å²) >= 11 is 2.41. The molecule has 0 aromatic rings. The van der Waals surface area contributed by atoms with Crippen LogP contribution in [0.4, 0.5) is 0 Å². The predicted molar refractivity (Wildman–Crippen MR) is 105 cm³/mol. The van der Waals surface area contributed by atoms with Crippen LogP contribution < -0.4 is 0 Å². The second kappa shape index (κ2) is 6.68. The van der Waals surface area contributed by atoms with E-state index in [2.05, 4.69) is 36.4 Å². The van der Waals surface area contributed by atoms with Crippen molar-refractivity contribution in [2.75, 3.05) is 11.0 Å². The monoisotopic (exact) mass is 442 g/mol. The van der Waals surface area contributed by atoms with E-state index in [4.69, 9.17) is 4.74 Å². The Morgan fingerprint density at radius 2 is 2.00 bits per heavy atom. The molecule has 0 radical (unpaired) electrons. The van der Waals surface area contributed by atoms with Gasteiger partial charge in [0.2, 0.25) is 0 Å². The Balaban J connectivity index is 1.53. The molecule has 24 heavy (non-hydrogen) atoms. The summed E-state index contributed by atoms with van der Waals surface area (Å²) in [4.78, 5) is 11.8. The number of hydrogen-bond donors (Lipinski definition) is 0. The highest BCUT2D eigenvalue weighted by Gasteiger charge is 2.57. The van der Waals surface area contributed by atoms with Crippen molar-refractivity contribution in [3.8, 4) is 0 Å². The van der Waals surface area contributed by atoms with E-state index in [9.17, 15) is 4.79 Å². The highest BCUT2D eigenvalue weighted by Crippen LogP contribution is 2.62. The first-order valence-electron chi connectivity index (χ1n) is 9.92. The summed E-state index contributed by atoms with van der Waals surface area (Å²) in [6.07, 6.45) is 11.0. The standard InChI is InChI=1S/C21H31IO2/c1-21(2)8-7-16-15-6-4-14(23)11-13(15)3-5-17(16)20(21)18-12-19(18)24-10-9-22/h11,15-20H,3-10,12H2,1-2H3/t15?,16?,17?,18-,19+,20?/m0/s1. The molecule has 0 heterocycles. The van der Waals surface area contributed by atoms with Crippen LogP contribution in [-0.4, -0.2) is 22.9 Å². The molecule has 4 aliphatic carbocycles. The largest absolute Gasteiger partial charge is 0.377 e. The summed E-state index contributed by atoms with van der Waals surface area (Å²) in [6, 6.07) is 0. The van der Waals surface area contributed by atoms with Crippen LogP contribution in [0.2, 0.25) is 0 Å². The number of ether oxygens (including phenoxy) is 1. The minimum absolute atomic E-state index is 0.377. The fourth-order valence-corrected chi connectivity index (χ4v) is 6.71. The van der Waals surface area contributed by atoms with Gasteiger partial charge in [-0.1, -0.05) is 42.0 Å². The van der Waals surface area contributed by atoms with E-state index in [1.807, 2.05) is 6.08 Å². The minimum Gasteiger partial charge on any atom is -0.377 e. The Hall–Kier alpha value is 0.1000. The van der Waals surface area contributed by atoms with Gasteiger partial charge < -0.3 is 4.74 Å². The van der Waals surface area contributed by atoms with Crippen molar-refractivity contribution in [2.24, 2.45) is 35.0 Å². The second-order valence-electron chi connectivity index (χ2n) is 9.25. The maximum Gasteiger partial charge on any atom is 0.155 e. The molecule has 0 aliphatic heterocycles. The molecule has 3 saturated carbocycles. The molecule has 2 nitrogen and oxygen atoms in total. The Labute approximate surface area is 160 Å². The van der Waals surface area contributed by atoms with E-state index in [1.165, 1.54) is 37.7 Å². The van der Waals surface area contributed by atoms with Gasteiger partial charge in [0.05, 0.1) is 12.7 Å². The number of allylic oxidation sites excluding steroid dienone is 2. The zero-order valence-corrected chi connectivity index (χ0v) is 17.3. The van der Waals surface area contributed by atoms with Crippen molar-refractivity contribution in [3.05, 3.63) is 11.6 Å². The zero-order chi connectivity index (χ0) is 16.9. The van der Waals surface area contributed by atoms with Crippen LogP contribution in [-0.2, 0) is 9.53 Å². The third-order valence-corrected chi connectivity index (χ3v) is 7.93. The number of fused-ring (bicyclic) bond motifs is 3. The number of rotatable bonds is 4. The third kappa shape index (κ3) is 3.13. The summed E-state index contributed by atoms with van der Waals surface area (Å²) in [7, 11) is 0. The van der Waals surface area contributed by atoms with Crippen LogP contribution >= 0.6 is 22.6 Å². The fourth-order valence-electron chi connectivity index (χ4n) is 6.46. The smallest absolute Gasteiger partial charge is 0.155 e. The molecular formula is C21H31IO2. The molecule has 0 aromatic carbocycles. The van der Waals surface area contributed by atoms with E-state index in [-0.39, 0.29) is 0 Å². The molecule has 6 atom stereocenters. The van der Waals surface area contributed by atoms with Gasteiger partial charge in [-0.3, -0.25) is 4.79 Å². The van der Waals surface area contributed by atoms with Gasteiger partial charge in [0.15, 0.2) is 5.78 Å². The highest BCUT2D eigenvalue weighted by atomic mass is 127. The van der Waals surface area contributed by atoms with E-state index in [0.29, 0.717) is 23.2 Å². The average Bonchev–Trinajstić information content (AvgIpc) is 3.30. The van der Waals surface area contributed by atoms with Crippen molar-refractivity contribution >= 4 is 28.4 Å². The van der Waals surface area contributed by atoms with Crippen molar-refractivity contribution in [2.45, 2.75) is 64.9 Å². The topological polar surface area (TPSA) is 26.3 Å². The molecule has 4 aliphatic rings. The summed E-state index contributed by atoms with van der Waals surface area (Å²) in [6.45, 7) is 5.94. The highest BCUT2D eigenvalue weighted by molar-refractivity contribution is 14.1. The minimum atomic E-state index is 0.377. The van der Waals surface area contributed by atoms with Gasteiger partial charge >= 0.3 is 0 Å². The van der Waals surface area contributed by atoms with Crippen LogP contribution in [0.3, 0.4) is 0 Å². The first-order chi connectivity index (χ1) is 11.5. The normalized spacial score (nSPS) is 43.6. The molecule has 4 rings (SSSR count). The van der Waals surface area contributed by atoms with Crippen LogP contribution in [0.1, 0.15) is 58.8 Å². The van der Waals surface area contributed by atoms with Crippen LogP contribution in [0, 0.1) is 35.0 Å². The summed E-state index contributed by atoms with van der Waals surface area (Å²) in [5.74, 6) is 4.42. The molecule has 0 amide bonds. The molecule has 0 N–H and O–H groups in total. The van der Waals surface area contributed by atoms with Crippen molar-refractivity contribution < 1.29 is 9.53 Å². The number of carbonyl (C=O) groups excluding carboxylic acids is 1. The van der Waals surface area contributed by atoms with Gasteiger partial charge in [-0.15, -0.1) is 0 Å². The SMILES string of the molecule is CC1(C)CCC2C3CCC(=O)C=C3CCC2C1[C@H]1C[C@H]1OCCI. The van der Waals surface area contributed by atoms with Crippen LogP contribution in [0.5, 0.6) is 0 Å². The first kappa shape index (κ1) is 17.5. The lowest BCUT2D eigenvalue weighted by Gasteiger charge is -2.54. The summed E-state index contributed by atoms with van der Waals surface area (Å²) < 4.78 is 7.20. The lowest BCUT2D eigenvalue weighted by molar-refractivity contribution is -0.116. The Bertz CT molecular complexity index is 538. The van der Waals surface area contributed by atoms with Gasteiger partial charge in [-0.05, 0) is 79.6 Å². The Kier molecular flexibility index (Phi) is 4.87. The first-order valence-corrected chi connectivity index (χ1v) is 11.4. The maximum atomic E-state index is 11.8. The molecule has 3 fully saturated rings. The van der Waals surface area contributed by atoms with E-state index >= 15 is 0 Å². The molecule has 0 aromatic heterocycles. The lowest BCUT2D eigenvalue weighted by Crippen LogP contribution is -2.47. The summed E-state index contributed by atoms with van der Waals surface area (Å²) in [5, 5.41) is 0. The quantitative estimate of drug-likeness (QED) is 0.442. The fraction of sp³-hybridized carbons (Fsp3) is 0.857. The molecule has 0 bridgehead atoms. The number of ketones is 1. The molecule has 0 spiro atoms. The molecule has 134 valence electrons. The average molecular weight is 442 g/mol. The molecule has 4 unspecified atom stereocenters.